The van der Waals surface area contributed by atoms with E-state index < -0.39 is 0 Å². The molecule has 3 aromatic rings. The second kappa shape index (κ2) is 9.62. The van der Waals surface area contributed by atoms with Crippen molar-refractivity contribution in [1.29, 1.82) is 0 Å². The highest BCUT2D eigenvalue weighted by Gasteiger charge is 2.17. The standard InChI is InChI=1S/C20H21ClN6O.ClH/c1-28-17-9-7-15(8-10-17)22-18-24-19(23-16-6-4-5-14(21)13-16)26-20(25-18)27-11-2-3-12-27;/h4-10,13H,2-3,11-12H2,1H3,(H2,22,23,24,25,26);1H. The number of ether oxygens (including phenoxy) is 1. The summed E-state index contributed by atoms with van der Waals surface area (Å²) in [6, 6.07) is 15.1. The van der Waals surface area contributed by atoms with Crippen LogP contribution in [0.3, 0.4) is 0 Å². The quantitative estimate of drug-likeness (QED) is 0.564. The van der Waals surface area contributed by atoms with Crippen LogP contribution in [0.4, 0.5) is 29.2 Å². The zero-order valence-electron chi connectivity index (χ0n) is 15.9. The summed E-state index contributed by atoms with van der Waals surface area (Å²) in [6.45, 7) is 1.89. The predicted octanol–water partition coefficient (Wildman–Crippen LogP) is 5.04. The van der Waals surface area contributed by atoms with Crippen molar-refractivity contribution in [1.82, 2.24) is 15.0 Å². The fraction of sp³-hybridized carbons (Fsp3) is 0.250. The maximum absolute atomic E-state index is 6.09. The summed E-state index contributed by atoms with van der Waals surface area (Å²) in [4.78, 5) is 15.9. The van der Waals surface area contributed by atoms with E-state index in [9.17, 15) is 0 Å². The zero-order valence-corrected chi connectivity index (χ0v) is 17.5. The van der Waals surface area contributed by atoms with Crippen LogP contribution < -0.4 is 20.3 Å². The molecule has 0 saturated carbocycles. The van der Waals surface area contributed by atoms with E-state index in [4.69, 9.17) is 16.3 Å². The van der Waals surface area contributed by atoms with Gasteiger partial charge in [-0.3, -0.25) is 0 Å². The van der Waals surface area contributed by atoms with Crippen molar-refractivity contribution in [2.24, 2.45) is 0 Å². The summed E-state index contributed by atoms with van der Waals surface area (Å²) < 4.78 is 5.20. The molecule has 0 spiro atoms. The molecule has 0 atom stereocenters. The van der Waals surface area contributed by atoms with Crippen LogP contribution in [0.15, 0.2) is 48.5 Å². The SMILES string of the molecule is COc1ccc(Nc2nc(Nc3cccc(Cl)c3)nc(N3CCCC3)n2)cc1.Cl. The number of nitrogens with one attached hydrogen (secondary N) is 2. The van der Waals surface area contributed by atoms with E-state index in [0.29, 0.717) is 22.9 Å². The largest absolute Gasteiger partial charge is 0.497 e. The Kier molecular flexibility index (Phi) is 6.95. The van der Waals surface area contributed by atoms with Gasteiger partial charge in [-0.05, 0) is 55.3 Å². The first-order valence-corrected chi connectivity index (χ1v) is 9.52. The number of hydrogen-bond donors (Lipinski definition) is 2. The van der Waals surface area contributed by atoms with Gasteiger partial charge in [-0.15, -0.1) is 12.4 Å². The first-order chi connectivity index (χ1) is 13.7. The number of aromatic nitrogens is 3. The van der Waals surface area contributed by atoms with E-state index in [2.05, 4.69) is 30.5 Å². The molecule has 0 amide bonds. The molecule has 1 fully saturated rings. The summed E-state index contributed by atoms with van der Waals surface area (Å²) >= 11 is 6.09. The van der Waals surface area contributed by atoms with Crippen molar-refractivity contribution >= 4 is 53.2 Å². The molecule has 7 nitrogen and oxygen atoms in total. The first kappa shape index (κ1) is 21.0. The third-order valence-corrected chi connectivity index (χ3v) is 4.67. The lowest BCUT2D eigenvalue weighted by atomic mass is 10.3. The Labute approximate surface area is 180 Å². The maximum Gasteiger partial charge on any atom is 0.233 e. The second-order valence-electron chi connectivity index (χ2n) is 6.47. The van der Waals surface area contributed by atoms with Crippen LogP contribution in [0.25, 0.3) is 0 Å². The molecule has 0 aliphatic carbocycles. The minimum absolute atomic E-state index is 0. The molecule has 1 aromatic heterocycles. The molecule has 152 valence electrons. The number of anilines is 5. The molecule has 2 N–H and O–H groups in total. The van der Waals surface area contributed by atoms with Gasteiger partial charge < -0.3 is 20.3 Å². The Balaban J connectivity index is 0.00000240. The summed E-state index contributed by atoms with van der Waals surface area (Å²) in [5.74, 6) is 2.40. The van der Waals surface area contributed by atoms with Gasteiger partial charge in [0.25, 0.3) is 0 Å². The van der Waals surface area contributed by atoms with Gasteiger partial charge in [-0.25, -0.2) is 0 Å². The van der Waals surface area contributed by atoms with E-state index >= 15 is 0 Å². The smallest absolute Gasteiger partial charge is 0.233 e. The van der Waals surface area contributed by atoms with Crippen LogP contribution in [-0.2, 0) is 0 Å². The molecule has 1 aliphatic rings. The van der Waals surface area contributed by atoms with Gasteiger partial charge in [0.1, 0.15) is 5.75 Å². The molecule has 0 radical (unpaired) electrons. The third kappa shape index (κ3) is 5.40. The van der Waals surface area contributed by atoms with E-state index in [1.54, 1.807) is 7.11 Å². The van der Waals surface area contributed by atoms with Crippen LogP contribution >= 0.6 is 24.0 Å². The molecule has 0 bridgehead atoms. The van der Waals surface area contributed by atoms with E-state index in [1.165, 1.54) is 0 Å². The molecule has 2 aromatic carbocycles. The lowest BCUT2D eigenvalue weighted by Crippen LogP contribution is -2.21. The average Bonchev–Trinajstić information content (AvgIpc) is 3.23. The highest BCUT2D eigenvalue weighted by molar-refractivity contribution is 6.30. The summed E-state index contributed by atoms with van der Waals surface area (Å²) in [5.41, 5.74) is 1.69. The molecule has 1 saturated heterocycles. The molecule has 29 heavy (non-hydrogen) atoms. The van der Waals surface area contributed by atoms with Gasteiger partial charge in [-0.1, -0.05) is 17.7 Å². The number of benzene rings is 2. The number of methoxy groups -OCH3 is 1. The van der Waals surface area contributed by atoms with E-state index in [-0.39, 0.29) is 12.4 Å². The van der Waals surface area contributed by atoms with E-state index in [0.717, 1.165) is 43.1 Å². The van der Waals surface area contributed by atoms with Crippen LogP contribution in [0, 0.1) is 0 Å². The van der Waals surface area contributed by atoms with E-state index in [1.807, 2.05) is 48.5 Å². The molecule has 0 unspecified atom stereocenters. The van der Waals surface area contributed by atoms with Gasteiger partial charge in [-0.2, -0.15) is 15.0 Å². The van der Waals surface area contributed by atoms with Gasteiger partial charge in [0.05, 0.1) is 7.11 Å². The molecular formula is C20H22Cl2N6O. The van der Waals surface area contributed by atoms with Crippen molar-refractivity contribution in [2.45, 2.75) is 12.8 Å². The highest BCUT2D eigenvalue weighted by Crippen LogP contribution is 2.24. The normalized spacial score (nSPS) is 13.0. The average molecular weight is 433 g/mol. The Bertz CT molecular complexity index is 948. The van der Waals surface area contributed by atoms with Crippen molar-refractivity contribution in [3.05, 3.63) is 53.6 Å². The Morgan fingerprint density at radius 3 is 2.17 bits per heavy atom. The van der Waals surface area contributed by atoms with Crippen LogP contribution in [0.2, 0.25) is 5.02 Å². The molecule has 2 heterocycles. The first-order valence-electron chi connectivity index (χ1n) is 9.14. The number of nitrogens with zero attached hydrogens (tertiary/aromatic N) is 4. The van der Waals surface area contributed by atoms with Gasteiger partial charge in [0.15, 0.2) is 0 Å². The Morgan fingerprint density at radius 2 is 1.55 bits per heavy atom. The van der Waals surface area contributed by atoms with Crippen molar-refractivity contribution in [2.75, 3.05) is 35.7 Å². The zero-order chi connectivity index (χ0) is 19.3. The monoisotopic (exact) mass is 432 g/mol. The Hall–Kier alpha value is -2.77. The summed E-state index contributed by atoms with van der Waals surface area (Å²) in [5, 5.41) is 7.11. The van der Waals surface area contributed by atoms with Crippen molar-refractivity contribution in [3.63, 3.8) is 0 Å². The van der Waals surface area contributed by atoms with Gasteiger partial charge >= 0.3 is 0 Å². The fourth-order valence-electron chi connectivity index (χ4n) is 3.03. The topological polar surface area (TPSA) is 75.2 Å². The van der Waals surface area contributed by atoms with Crippen LogP contribution in [-0.4, -0.2) is 35.2 Å². The lowest BCUT2D eigenvalue weighted by Gasteiger charge is -2.17. The Morgan fingerprint density at radius 1 is 0.897 bits per heavy atom. The maximum atomic E-state index is 6.09. The fourth-order valence-corrected chi connectivity index (χ4v) is 3.22. The number of halogens is 2. The lowest BCUT2D eigenvalue weighted by molar-refractivity contribution is 0.415. The third-order valence-electron chi connectivity index (χ3n) is 4.44. The number of rotatable bonds is 6. The summed E-state index contributed by atoms with van der Waals surface area (Å²) in [7, 11) is 1.64. The number of hydrogen-bond acceptors (Lipinski definition) is 7. The van der Waals surface area contributed by atoms with Crippen LogP contribution in [0.5, 0.6) is 5.75 Å². The molecule has 1 aliphatic heterocycles. The minimum atomic E-state index is 0. The van der Waals surface area contributed by atoms with Crippen LogP contribution in [0.1, 0.15) is 12.8 Å². The van der Waals surface area contributed by atoms with Crippen molar-refractivity contribution in [3.8, 4) is 5.75 Å². The second-order valence-corrected chi connectivity index (χ2v) is 6.90. The minimum Gasteiger partial charge on any atom is -0.497 e. The molecular weight excluding hydrogens is 411 g/mol. The summed E-state index contributed by atoms with van der Waals surface area (Å²) in [6.07, 6.45) is 2.29. The van der Waals surface area contributed by atoms with Crippen molar-refractivity contribution < 1.29 is 4.74 Å². The molecule has 9 heteroatoms. The highest BCUT2D eigenvalue weighted by atomic mass is 35.5. The predicted molar refractivity (Wildman–Crippen MR) is 120 cm³/mol. The van der Waals surface area contributed by atoms with Gasteiger partial charge in [0, 0.05) is 29.5 Å². The van der Waals surface area contributed by atoms with Gasteiger partial charge in [0.2, 0.25) is 17.8 Å². The molecule has 4 rings (SSSR count).